The molecule has 0 bridgehead atoms. The zero-order chi connectivity index (χ0) is 20.6. The first-order valence-electron chi connectivity index (χ1n) is 10.2. The molecule has 154 valence electrons. The van der Waals surface area contributed by atoms with Crippen LogP contribution < -0.4 is 4.74 Å². The highest BCUT2D eigenvalue weighted by Crippen LogP contribution is 2.35. The summed E-state index contributed by atoms with van der Waals surface area (Å²) in [6.45, 7) is 7.81. The van der Waals surface area contributed by atoms with Gasteiger partial charge in [0.2, 0.25) is 10.0 Å². The van der Waals surface area contributed by atoms with Gasteiger partial charge in [-0.25, -0.2) is 8.42 Å². The Hall–Kier alpha value is -2.31. The Morgan fingerprint density at radius 1 is 1.07 bits per heavy atom. The second-order valence-electron chi connectivity index (χ2n) is 7.80. The Morgan fingerprint density at radius 3 is 2.41 bits per heavy atom. The number of rotatable bonds is 5. The highest BCUT2D eigenvalue weighted by Gasteiger charge is 2.31. The smallest absolute Gasteiger partial charge is 0.243 e. The molecule has 1 aliphatic heterocycles. The topological polar surface area (TPSA) is 62.4 Å². The van der Waals surface area contributed by atoms with Crippen molar-refractivity contribution in [3.63, 3.8) is 0 Å². The summed E-state index contributed by atoms with van der Waals surface area (Å²) < 4.78 is 33.1. The van der Waals surface area contributed by atoms with E-state index in [0.717, 1.165) is 18.4 Å². The van der Waals surface area contributed by atoms with Gasteiger partial charge in [0, 0.05) is 35.6 Å². The quantitative estimate of drug-likeness (QED) is 0.658. The number of nitrogens with zero attached hydrogens (tertiary/aromatic N) is 1. The number of sulfonamides is 1. The van der Waals surface area contributed by atoms with Gasteiger partial charge in [-0.2, -0.15) is 4.31 Å². The third-order valence-corrected chi connectivity index (χ3v) is 7.80. The number of ether oxygens (including phenoxy) is 1. The number of fused-ring (bicyclic) bond motifs is 1. The van der Waals surface area contributed by atoms with Crippen molar-refractivity contribution in [2.24, 2.45) is 0 Å². The van der Waals surface area contributed by atoms with Gasteiger partial charge < -0.3 is 9.72 Å². The van der Waals surface area contributed by atoms with Gasteiger partial charge in [0.1, 0.15) is 5.75 Å². The van der Waals surface area contributed by atoms with Crippen molar-refractivity contribution in [2.75, 3.05) is 19.7 Å². The van der Waals surface area contributed by atoms with Gasteiger partial charge in [0.15, 0.2) is 0 Å². The Balaban J connectivity index is 1.49. The molecule has 1 aromatic heterocycles. The summed E-state index contributed by atoms with van der Waals surface area (Å²) in [7, 11) is -3.47. The van der Waals surface area contributed by atoms with E-state index in [2.05, 4.69) is 37.0 Å². The van der Waals surface area contributed by atoms with Gasteiger partial charge in [0.05, 0.1) is 11.5 Å². The van der Waals surface area contributed by atoms with Crippen LogP contribution in [-0.2, 0) is 10.0 Å². The minimum absolute atomic E-state index is 0.330. The minimum atomic E-state index is -3.47. The van der Waals surface area contributed by atoms with Gasteiger partial charge in [-0.15, -0.1) is 0 Å². The van der Waals surface area contributed by atoms with E-state index < -0.39 is 10.0 Å². The lowest BCUT2D eigenvalue weighted by atomic mass is 9.92. The third kappa shape index (κ3) is 3.79. The van der Waals surface area contributed by atoms with Crippen LogP contribution in [0.1, 0.15) is 42.5 Å². The second kappa shape index (κ2) is 7.84. The molecule has 3 aromatic rings. The molecule has 1 N–H and O–H groups in total. The first-order chi connectivity index (χ1) is 13.9. The summed E-state index contributed by atoms with van der Waals surface area (Å²) in [6, 6.07) is 13.2. The number of benzene rings is 2. The fraction of sp³-hybridized carbons (Fsp3) is 0.391. The van der Waals surface area contributed by atoms with E-state index in [1.54, 1.807) is 28.6 Å². The lowest BCUT2D eigenvalue weighted by Crippen LogP contribution is -2.38. The largest absolute Gasteiger partial charge is 0.494 e. The van der Waals surface area contributed by atoms with Crippen LogP contribution in [0.5, 0.6) is 5.75 Å². The molecule has 1 saturated heterocycles. The van der Waals surface area contributed by atoms with E-state index in [-0.39, 0.29) is 0 Å². The van der Waals surface area contributed by atoms with Crippen LogP contribution in [0, 0.1) is 13.8 Å². The molecule has 0 atom stereocenters. The van der Waals surface area contributed by atoms with Crippen LogP contribution >= 0.6 is 0 Å². The van der Waals surface area contributed by atoms with Crippen LogP contribution in [-0.4, -0.2) is 37.4 Å². The number of aryl methyl sites for hydroxylation is 2. The molecular formula is C23H28N2O3S. The third-order valence-electron chi connectivity index (χ3n) is 5.89. The van der Waals surface area contributed by atoms with E-state index in [1.165, 1.54) is 22.2 Å². The highest BCUT2D eigenvalue weighted by atomic mass is 32.2. The maximum absolute atomic E-state index is 13.0. The standard InChI is InChI=1S/C23H28N2O3S/c1-4-28-19-6-8-20(9-7-19)29(26,27)25-13-11-18(12-14-25)23-17(3)21-15-16(2)5-10-22(21)24-23/h5-10,15,18,24H,4,11-14H2,1-3H3. The van der Waals surface area contributed by atoms with E-state index in [0.29, 0.717) is 36.3 Å². The fourth-order valence-electron chi connectivity index (χ4n) is 4.28. The summed E-state index contributed by atoms with van der Waals surface area (Å²) in [6.07, 6.45) is 1.64. The summed E-state index contributed by atoms with van der Waals surface area (Å²) in [5, 5.41) is 1.27. The van der Waals surface area contributed by atoms with Crippen molar-refractivity contribution in [3.05, 3.63) is 59.3 Å². The van der Waals surface area contributed by atoms with Crippen LogP contribution in [0.2, 0.25) is 0 Å². The zero-order valence-corrected chi connectivity index (χ0v) is 18.1. The number of piperidine rings is 1. The maximum atomic E-state index is 13.0. The average molecular weight is 413 g/mol. The summed E-state index contributed by atoms with van der Waals surface area (Å²) in [5.41, 5.74) is 4.95. The number of hydrogen-bond acceptors (Lipinski definition) is 3. The van der Waals surface area contributed by atoms with Crippen molar-refractivity contribution < 1.29 is 13.2 Å². The number of hydrogen-bond donors (Lipinski definition) is 1. The fourth-order valence-corrected chi connectivity index (χ4v) is 5.75. The predicted molar refractivity (Wildman–Crippen MR) is 116 cm³/mol. The summed E-state index contributed by atoms with van der Waals surface area (Å²) in [5.74, 6) is 1.05. The van der Waals surface area contributed by atoms with Crippen LogP contribution in [0.3, 0.4) is 0 Å². The number of aromatic nitrogens is 1. The molecule has 0 radical (unpaired) electrons. The monoisotopic (exact) mass is 412 g/mol. The molecule has 2 aromatic carbocycles. The van der Waals surface area contributed by atoms with E-state index >= 15 is 0 Å². The van der Waals surface area contributed by atoms with Crippen molar-refractivity contribution in [1.29, 1.82) is 0 Å². The first kappa shape index (κ1) is 20.0. The lowest BCUT2D eigenvalue weighted by molar-refractivity contribution is 0.316. The Bertz CT molecular complexity index is 1110. The van der Waals surface area contributed by atoms with Gasteiger partial charge >= 0.3 is 0 Å². The average Bonchev–Trinajstić information content (AvgIpc) is 3.05. The maximum Gasteiger partial charge on any atom is 0.243 e. The number of aromatic amines is 1. The molecule has 5 nitrogen and oxygen atoms in total. The van der Waals surface area contributed by atoms with Gasteiger partial charge in [0.25, 0.3) is 0 Å². The SMILES string of the molecule is CCOc1ccc(S(=O)(=O)N2CCC(c3[nH]c4ccc(C)cc4c3C)CC2)cc1. The normalized spacial score (nSPS) is 16.4. The molecule has 1 aliphatic rings. The van der Waals surface area contributed by atoms with E-state index in [9.17, 15) is 8.42 Å². The minimum Gasteiger partial charge on any atom is -0.494 e. The van der Waals surface area contributed by atoms with Gasteiger partial charge in [-0.3, -0.25) is 0 Å². The predicted octanol–water partition coefficient (Wildman–Crippen LogP) is 4.75. The molecule has 0 aliphatic carbocycles. The second-order valence-corrected chi connectivity index (χ2v) is 9.73. The summed E-state index contributed by atoms with van der Waals surface area (Å²) >= 11 is 0. The summed E-state index contributed by atoms with van der Waals surface area (Å²) in [4.78, 5) is 3.91. The van der Waals surface area contributed by atoms with Crippen molar-refractivity contribution in [1.82, 2.24) is 9.29 Å². The van der Waals surface area contributed by atoms with E-state index in [4.69, 9.17) is 4.74 Å². The molecule has 2 heterocycles. The molecule has 1 fully saturated rings. The van der Waals surface area contributed by atoms with Crippen molar-refractivity contribution in [2.45, 2.75) is 44.4 Å². The number of H-pyrrole nitrogens is 1. The Kier molecular flexibility index (Phi) is 5.40. The first-order valence-corrected chi connectivity index (χ1v) is 11.7. The van der Waals surface area contributed by atoms with E-state index in [1.807, 2.05) is 6.92 Å². The van der Waals surface area contributed by atoms with Crippen molar-refractivity contribution >= 4 is 20.9 Å². The van der Waals surface area contributed by atoms with Crippen LogP contribution in [0.25, 0.3) is 10.9 Å². The molecule has 0 saturated carbocycles. The zero-order valence-electron chi connectivity index (χ0n) is 17.2. The molecule has 0 amide bonds. The van der Waals surface area contributed by atoms with Gasteiger partial charge in [-0.05, 0) is 75.6 Å². The molecule has 6 heteroatoms. The van der Waals surface area contributed by atoms with Crippen LogP contribution in [0.4, 0.5) is 0 Å². The van der Waals surface area contributed by atoms with Gasteiger partial charge in [-0.1, -0.05) is 11.6 Å². The molecule has 4 rings (SSSR count). The highest BCUT2D eigenvalue weighted by molar-refractivity contribution is 7.89. The lowest BCUT2D eigenvalue weighted by Gasteiger charge is -2.31. The molecular weight excluding hydrogens is 384 g/mol. The Morgan fingerprint density at radius 2 is 1.76 bits per heavy atom. The van der Waals surface area contributed by atoms with Crippen molar-refractivity contribution in [3.8, 4) is 5.75 Å². The van der Waals surface area contributed by atoms with Crippen LogP contribution in [0.15, 0.2) is 47.4 Å². The molecule has 0 spiro atoms. The number of nitrogens with one attached hydrogen (secondary N) is 1. The Labute approximate surface area is 172 Å². The molecule has 29 heavy (non-hydrogen) atoms. The molecule has 0 unspecified atom stereocenters.